The van der Waals surface area contributed by atoms with Crippen LogP contribution in [0.15, 0.2) is 24.3 Å². The molecule has 11 heteroatoms. The lowest BCUT2D eigenvalue weighted by Gasteiger charge is -2.09. The maximum atomic E-state index is 11.9. The number of nitrogens with one attached hydrogen (secondary N) is 3. The summed E-state index contributed by atoms with van der Waals surface area (Å²) in [7, 11) is 0. The molecule has 0 fully saturated rings. The minimum absolute atomic E-state index is 0.0681. The fourth-order valence-electron chi connectivity index (χ4n) is 1.74. The van der Waals surface area contributed by atoms with Crippen LogP contribution in [0.1, 0.15) is 12.0 Å². The molecular weight excluding hydrogens is 359 g/mol. The first-order valence-corrected chi connectivity index (χ1v) is 7.26. The molecule has 0 atom stereocenters. The fourth-order valence-corrected chi connectivity index (χ4v) is 1.74. The van der Waals surface area contributed by atoms with Gasteiger partial charge in [-0.3, -0.25) is 19.2 Å². The summed E-state index contributed by atoms with van der Waals surface area (Å²) < 4.78 is 35.8. The Bertz CT molecular complexity index is 674. The van der Waals surface area contributed by atoms with Crippen molar-refractivity contribution in [1.29, 1.82) is 0 Å². The number of rotatable bonds is 8. The van der Waals surface area contributed by atoms with E-state index < -0.39 is 49.4 Å². The van der Waals surface area contributed by atoms with Crippen molar-refractivity contribution in [3.05, 3.63) is 29.8 Å². The summed E-state index contributed by atoms with van der Waals surface area (Å²) >= 11 is 0. The third-order valence-electron chi connectivity index (χ3n) is 2.85. The molecule has 1 aromatic rings. The number of amides is 3. The molecule has 0 aromatic heterocycles. The average molecular weight is 375 g/mol. The van der Waals surface area contributed by atoms with Crippen LogP contribution in [0.2, 0.25) is 0 Å². The Morgan fingerprint density at radius 2 is 1.54 bits per heavy atom. The van der Waals surface area contributed by atoms with E-state index in [2.05, 4.69) is 10.6 Å². The maximum Gasteiger partial charge on any atom is 0.405 e. The largest absolute Gasteiger partial charge is 0.480 e. The maximum absolute atomic E-state index is 11.9. The van der Waals surface area contributed by atoms with E-state index in [0.717, 1.165) is 0 Å². The van der Waals surface area contributed by atoms with Crippen molar-refractivity contribution in [1.82, 2.24) is 10.6 Å². The predicted molar refractivity (Wildman–Crippen MR) is 83.1 cm³/mol. The number of alkyl halides is 3. The van der Waals surface area contributed by atoms with Crippen LogP contribution in [-0.2, 0) is 25.6 Å². The number of carbonyl (C=O) groups is 4. The third-order valence-corrected chi connectivity index (χ3v) is 2.85. The molecule has 3 amide bonds. The molecule has 26 heavy (non-hydrogen) atoms. The molecule has 0 aliphatic rings. The number of hydrogen-bond acceptors (Lipinski definition) is 4. The SMILES string of the molecule is O=C(O)CNC(=O)Cc1ccc(NC(=O)CC(=O)NCC(F)(F)F)cc1. The monoisotopic (exact) mass is 375 g/mol. The van der Waals surface area contributed by atoms with E-state index in [9.17, 15) is 32.3 Å². The van der Waals surface area contributed by atoms with Crippen molar-refractivity contribution in [2.75, 3.05) is 18.4 Å². The van der Waals surface area contributed by atoms with Gasteiger partial charge in [0.1, 0.15) is 19.5 Å². The highest BCUT2D eigenvalue weighted by molar-refractivity contribution is 6.03. The van der Waals surface area contributed by atoms with Gasteiger partial charge in [0.05, 0.1) is 6.42 Å². The Morgan fingerprint density at radius 1 is 0.923 bits per heavy atom. The second-order valence-corrected chi connectivity index (χ2v) is 5.16. The molecule has 0 bridgehead atoms. The molecular formula is C15H16F3N3O5. The summed E-state index contributed by atoms with van der Waals surface area (Å²) in [5.74, 6) is -3.52. The highest BCUT2D eigenvalue weighted by atomic mass is 19.4. The Labute approximate surface area is 145 Å². The summed E-state index contributed by atoms with van der Waals surface area (Å²) in [6.45, 7) is -2.01. The fraction of sp³-hybridized carbons (Fsp3) is 0.333. The molecule has 0 unspecified atom stereocenters. The van der Waals surface area contributed by atoms with Gasteiger partial charge in [-0.2, -0.15) is 13.2 Å². The lowest BCUT2D eigenvalue weighted by atomic mass is 10.1. The van der Waals surface area contributed by atoms with E-state index in [1.807, 2.05) is 0 Å². The lowest BCUT2D eigenvalue weighted by molar-refractivity contribution is -0.140. The molecule has 1 aromatic carbocycles. The average Bonchev–Trinajstić information content (AvgIpc) is 2.52. The van der Waals surface area contributed by atoms with Crippen LogP contribution in [0.25, 0.3) is 0 Å². The van der Waals surface area contributed by atoms with E-state index in [0.29, 0.717) is 5.56 Å². The van der Waals surface area contributed by atoms with Crippen molar-refractivity contribution in [3.63, 3.8) is 0 Å². The first-order valence-electron chi connectivity index (χ1n) is 7.26. The second kappa shape index (κ2) is 9.39. The second-order valence-electron chi connectivity index (χ2n) is 5.16. The zero-order valence-electron chi connectivity index (χ0n) is 13.4. The highest BCUT2D eigenvalue weighted by Gasteiger charge is 2.28. The van der Waals surface area contributed by atoms with Crippen molar-refractivity contribution >= 4 is 29.4 Å². The van der Waals surface area contributed by atoms with Gasteiger partial charge in [0.15, 0.2) is 0 Å². The lowest BCUT2D eigenvalue weighted by Crippen LogP contribution is -2.35. The zero-order chi connectivity index (χ0) is 19.7. The third kappa shape index (κ3) is 9.25. The van der Waals surface area contributed by atoms with Crippen LogP contribution in [0.5, 0.6) is 0 Å². The minimum Gasteiger partial charge on any atom is -0.480 e. The number of hydrogen-bond donors (Lipinski definition) is 4. The van der Waals surface area contributed by atoms with E-state index in [-0.39, 0.29) is 12.1 Å². The quantitative estimate of drug-likeness (QED) is 0.491. The normalized spacial score (nSPS) is 10.7. The van der Waals surface area contributed by atoms with Gasteiger partial charge in [-0.15, -0.1) is 0 Å². The molecule has 4 N–H and O–H groups in total. The highest BCUT2D eigenvalue weighted by Crippen LogP contribution is 2.13. The Hall–Kier alpha value is -3.11. The Balaban J connectivity index is 2.43. The molecule has 1 rings (SSSR count). The van der Waals surface area contributed by atoms with E-state index in [1.165, 1.54) is 24.3 Å². The molecule has 0 spiro atoms. The van der Waals surface area contributed by atoms with Crippen LogP contribution in [0.3, 0.4) is 0 Å². The molecule has 0 radical (unpaired) electrons. The number of aliphatic carboxylic acids is 1. The number of carboxylic acid groups (broad SMARTS) is 1. The first-order chi connectivity index (χ1) is 12.0. The smallest absolute Gasteiger partial charge is 0.405 e. The number of anilines is 1. The van der Waals surface area contributed by atoms with Gasteiger partial charge in [0.2, 0.25) is 17.7 Å². The van der Waals surface area contributed by atoms with Crippen LogP contribution in [0, 0.1) is 0 Å². The minimum atomic E-state index is -4.56. The van der Waals surface area contributed by atoms with Gasteiger partial charge in [-0.1, -0.05) is 12.1 Å². The zero-order valence-corrected chi connectivity index (χ0v) is 13.4. The van der Waals surface area contributed by atoms with Gasteiger partial charge in [0.25, 0.3) is 0 Å². The molecule has 8 nitrogen and oxygen atoms in total. The van der Waals surface area contributed by atoms with Gasteiger partial charge in [0, 0.05) is 5.69 Å². The Kier molecular flexibility index (Phi) is 7.56. The molecule has 0 aliphatic carbocycles. The predicted octanol–water partition coefficient (Wildman–Crippen LogP) is 0.437. The van der Waals surface area contributed by atoms with Crippen LogP contribution in [-0.4, -0.2) is 48.1 Å². The summed E-state index contributed by atoms with van der Waals surface area (Å²) in [5, 5.41) is 14.5. The number of halogens is 3. The van der Waals surface area contributed by atoms with Crippen LogP contribution >= 0.6 is 0 Å². The van der Waals surface area contributed by atoms with Gasteiger partial charge in [-0.05, 0) is 17.7 Å². The van der Waals surface area contributed by atoms with Crippen LogP contribution in [0.4, 0.5) is 18.9 Å². The molecule has 0 heterocycles. The van der Waals surface area contributed by atoms with Crippen LogP contribution < -0.4 is 16.0 Å². The number of carboxylic acids is 1. The topological polar surface area (TPSA) is 125 Å². The van der Waals surface area contributed by atoms with Crippen molar-refractivity contribution < 1.29 is 37.5 Å². The van der Waals surface area contributed by atoms with Gasteiger partial charge >= 0.3 is 12.1 Å². The summed E-state index contributed by atoms with van der Waals surface area (Å²) in [4.78, 5) is 44.6. The van der Waals surface area contributed by atoms with E-state index in [4.69, 9.17) is 5.11 Å². The van der Waals surface area contributed by atoms with E-state index >= 15 is 0 Å². The Morgan fingerprint density at radius 3 is 2.08 bits per heavy atom. The van der Waals surface area contributed by atoms with Crippen molar-refractivity contribution in [3.8, 4) is 0 Å². The molecule has 0 saturated heterocycles. The summed E-state index contributed by atoms with van der Waals surface area (Å²) in [6, 6.07) is 5.87. The molecule has 0 aliphatic heterocycles. The number of benzene rings is 1. The summed E-state index contributed by atoms with van der Waals surface area (Å²) in [5.41, 5.74) is 0.835. The summed E-state index contributed by atoms with van der Waals surface area (Å²) in [6.07, 6.45) is -5.39. The molecule has 142 valence electrons. The first kappa shape index (κ1) is 20.9. The van der Waals surface area contributed by atoms with Crippen molar-refractivity contribution in [2.24, 2.45) is 0 Å². The van der Waals surface area contributed by atoms with Crippen molar-refractivity contribution in [2.45, 2.75) is 19.0 Å². The van der Waals surface area contributed by atoms with Gasteiger partial charge < -0.3 is 21.1 Å². The van der Waals surface area contributed by atoms with Gasteiger partial charge in [-0.25, -0.2) is 0 Å². The standard InChI is InChI=1S/C15H16F3N3O5/c16-15(17,18)8-20-12(23)6-13(24)21-10-3-1-9(2-4-10)5-11(22)19-7-14(25)26/h1-4H,5-8H2,(H,19,22)(H,20,23)(H,21,24)(H,25,26). The number of carbonyl (C=O) groups excluding carboxylic acids is 3. The molecule has 0 saturated carbocycles. The van der Waals surface area contributed by atoms with E-state index in [1.54, 1.807) is 5.32 Å².